The van der Waals surface area contributed by atoms with Gasteiger partial charge in [-0.05, 0) is 50.8 Å². The van der Waals surface area contributed by atoms with Crippen LogP contribution in [-0.4, -0.2) is 37.2 Å². The molecule has 0 aliphatic carbocycles. The zero-order valence-corrected chi connectivity index (χ0v) is 15.9. The lowest BCUT2D eigenvalue weighted by atomic mass is 10.0. The Labute approximate surface area is 154 Å². The highest BCUT2D eigenvalue weighted by atomic mass is 16.6. The van der Waals surface area contributed by atoms with E-state index in [2.05, 4.69) is 17.6 Å². The van der Waals surface area contributed by atoms with Gasteiger partial charge in [0, 0.05) is 5.69 Å². The number of hydrogen-bond donors (Lipinski definition) is 2. The van der Waals surface area contributed by atoms with Crippen molar-refractivity contribution >= 4 is 23.7 Å². The van der Waals surface area contributed by atoms with Crippen LogP contribution in [-0.2, 0) is 25.5 Å². The number of carbonyl (C=O) groups is 3. The Morgan fingerprint density at radius 3 is 2.15 bits per heavy atom. The quantitative estimate of drug-likeness (QED) is 0.519. The van der Waals surface area contributed by atoms with Crippen molar-refractivity contribution in [2.45, 2.75) is 53.0 Å². The fraction of sp³-hybridized carbons (Fsp3) is 0.526. The van der Waals surface area contributed by atoms with E-state index in [0.29, 0.717) is 5.69 Å². The number of hydrogen-bond acceptors (Lipinski definition) is 5. The van der Waals surface area contributed by atoms with E-state index >= 15 is 0 Å². The molecule has 0 aliphatic rings. The first-order valence-electron chi connectivity index (χ1n) is 8.93. The first-order chi connectivity index (χ1) is 12.4. The molecule has 1 rings (SSSR count). The highest BCUT2D eigenvalue weighted by Crippen LogP contribution is 2.18. The monoisotopic (exact) mass is 364 g/mol. The molecule has 7 heteroatoms. The van der Waals surface area contributed by atoms with E-state index < -0.39 is 24.0 Å². The molecule has 1 aromatic rings. The average molecular weight is 364 g/mol. The largest absolute Gasteiger partial charge is 0.464 e. The number of esters is 2. The third-order valence-electron chi connectivity index (χ3n) is 3.68. The number of amides is 2. The van der Waals surface area contributed by atoms with Crippen molar-refractivity contribution in [1.29, 1.82) is 0 Å². The molecule has 0 radical (unpaired) electrons. The van der Waals surface area contributed by atoms with Gasteiger partial charge in [0.25, 0.3) is 0 Å². The minimum absolute atomic E-state index is 0.0936. The molecule has 144 valence electrons. The number of aryl methyl sites for hydroxylation is 2. The molecule has 0 saturated heterocycles. The summed E-state index contributed by atoms with van der Waals surface area (Å²) in [7, 11) is 0. The summed E-state index contributed by atoms with van der Waals surface area (Å²) in [6, 6.07) is 3.59. The third-order valence-corrected chi connectivity index (χ3v) is 3.68. The van der Waals surface area contributed by atoms with Crippen LogP contribution in [0.25, 0.3) is 0 Å². The summed E-state index contributed by atoms with van der Waals surface area (Å²) in [6.45, 7) is 7.44. The van der Waals surface area contributed by atoms with Crippen LogP contribution in [0.1, 0.15) is 44.7 Å². The van der Waals surface area contributed by atoms with E-state index in [9.17, 15) is 14.4 Å². The smallest absolute Gasteiger partial charge is 0.340 e. The highest BCUT2D eigenvalue weighted by Gasteiger charge is 2.31. The Hall–Kier alpha value is -2.57. The van der Waals surface area contributed by atoms with E-state index in [1.807, 2.05) is 25.1 Å². The van der Waals surface area contributed by atoms with Gasteiger partial charge >= 0.3 is 18.0 Å². The summed E-state index contributed by atoms with van der Waals surface area (Å²) in [4.78, 5) is 36.0. The Morgan fingerprint density at radius 2 is 1.65 bits per heavy atom. The van der Waals surface area contributed by atoms with Gasteiger partial charge < -0.3 is 20.1 Å². The summed E-state index contributed by atoms with van der Waals surface area (Å²) in [5.74, 6) is -1.71. The van der Waals surface area contributed by atoms with Gasteiger partial charge in [0.05, 0.1) is 13.2 Å². The van der Waals surface area contributed by atoms with Gasteiger partial charge in [-0.3, -0.25) is 0 Å². The minimum atomic E-state index is -1.50. The second-order valence-electron chi connectivity index (χ2n) is 5.79. The predicted octanol–water partition coefficient (Wildman–Crippen LogP) is 2.95. The maximum atomic E-state index is 12.2. The van der Waals surface area contributed by atoms with Crippen LogP contribution in [0, 0.1) is 6.92 Å². The summed E-state index contributed by atoms with van der Waals surface area (Å²) in [6.07, 6.45) is 3.20. The number of unbranched alkanes of at least 4 members (excludes halogenated alkanes) is 1. The first-order valence-corrected chi connectivity index (χ1v) is 8.93. The van der Waals surface area contributed by atoms with Crippen molar-refractivity contribution in [3.63, 3.8) is 0 Å². The van der Waals surface area contributed by atoms with Crippen LogP contribution < -0.4 is 10.6 Å². The maximum absolute atomic E-state index is 12.2. The minimum Gasteiger partial charge on any atom is -0.464 e. The van der Waals surface area contributed by atoms with E-state index in [1.54, 1.807) is 13.8 Å². The molecule has 0 spiro atoms. The molecule has 7 nitrogen and oxygen atoms in total. The Bertz CT molecular complexity index is 612. The average Bonchev–Trinajstić information content (AvgIpc) is 2.60. The predicted molar refractivity (Wildman–Crippen MR) is 99.0 cm³/mol. The molecule has 26 heavy (non-hydrogen) atoms. The van der Waals surface area contributed by atoms with Crippen LogP contribution in [0.4, 0.5) is 10.5 Å². The zero-order chi connectivity index (χ0) is 19.5. The molecule has 0 fully saturated rings. The second kappa shape index (κ2) is 11.1. The normalized spacial score (nSPS) is 10.3. The number of nitrogens with one attached hydrogen (secondary N) is 2. The second-order valence-corrected chi connectivity index (χ2v) is 5.79. The number of anilines is 1. The standard InChI is InChI=1S/C19H28N2O5/c1-5-8-9-14-10-11-15(13(4)12-14)20-19(24)21-16(17(22)25-6-2)18(23)26-7-3/h10-12,16H,5-9H2,1-4H3,(H2,20,21,24). The van der Waals surface area contributed by atoms with Gasteiger partial charge in [-0.2, -0.15) is 0 Å². The van der Waals surface area contributed by atoms with Crippen LogP contribution >= 0.6 is 0 Å². The van der Waals surface area contributed by atoms with Crippen LogP contribution in [0.15, 0.2) is 18.2 Å². The molecule has 1 aromatic carbocycles. The Kier molecular flexibility index (Phi) is 9.19. The Balaban J connectivity index is 2.78. The third kappa shape index (κ3) is 6.74. The lowest BCUT2D eigenvalue weighted by Crippen LogP contribution is -2.49. The summed E-state index contributed by atoms with van der Waals surface area (Å²) >= 11 is 0. The molecule has 0 atom stereocenters. The first kappa shape index (κ1) is 21.5. The molecular weight excluding hydrogens is 336 g/mol. The summed E-state index contributed by atoms with van der Waals surface area (Å²) < 4.78 is 9.63. The fourth-order valence-corrected chi connectivity index (χ4v) is 2.36. The van der Waals surface area contributed by atoms with E-state index in [4.69, 9.17) is 9.47 Å². The van der Waals surface area contributed by atoms with E-state index in [1.165, 1.54) is 5.56 Å². The molecule has 2 N–H and O–H groups in total. The molecule has 0 bridgehead atoms. The van der Waals surface area contributed by atoms with Gasteiger partial charge in [0.1, 0.15) is 0 Å². The van der Waals surface area contributed by atoms with Crippen molar-refractivity contribution in [2.75, 3.05) is 18.5 Å². The lowest BCUT2D eigenvalue weighted by Gasteiger charge is -2.17. The Morgan fingerprint density at radius 1 is 1.04 bits per heavy atom. The molecule has 2 amide bonds. The molecule has 0 aromatic heterocycles. The SMILES string of the molecule is CCCCc1ccc(NC(=O)NC(C(=O)OCC)C(=O)OCC)c(C)c1. The molecular formula is C19H28N2O5. The highest BCUT2D eigenvalue weighted by molar-refractivity contribution is 6.04. The number of ether oxygens (including phenoxy) is 2. The molecule has 0 heterocycles. The van der Waals surface area contributed by atoms with Crippen molar-refractivity contribution < 1.29 is 23.9 Å². The molecule has 0 saturated carbocycles. The van der Waals surface area contributed by atoms with Crippen molar-refractivity contribution in [3.8, 4) is 0 Å². The molecule has 0 unspecified atom stereocenters. The number of carbonyl (C=O) groups excluding carboxylic acids is 3. The van der Waals surface area contributed by atoms with E-state index in [-0.39, 0.29) is 13.2 Å². The van der Waals surface area contributed by atoms with Crippen molar-refractivity contribution in [2.24, 2.45) is 0 Å². The van der Waals surface area contributed by atoms with Gasteiger partial charge in [0.15, 0.2) is 0 Å². The van der Waals surface area contributed by atoms with Gasteiger partial charge in [-0.15, -0.1) is 0 Å². The number of rotatable bonds is 9. The maximum Gasteiger partial charge on any atom is 0.340 e. The molecule has 0 aliphatic heterocycles. The van der Waals surface area contributed by atoms with Gasteiger partial charge in [0.2, 0.25) is 6.04 Å². The van der Waals surface area contributed by atoms with Gasteiger partial charge in [-0.25, -0.2) is 14.4 Å². The van der Waals surface area contributed by atoms with Crippen LogP contribution in [0.5, 0.6) is 0 Å². The summed E-state index contributed by atoms with van der Waals surface area (Å²) in [5.41, 5.74) is 2.71. The number of urea groups is 1. The van der Waals surface area contributed by atoms with Gasteiger partial charge in [-0.1, -0.05) is 25.5 Å². The van der Waals surface area contributed by atoms with Crippen LogP contribution in [0.2, 0.25) is 0 Å². The fourth-order valence-electron chi connectivity index (χ4n) is 2.36. The topological polar surface area (TPSA) is 93.7 Å². The van der Waals surface area contributed by atoms with Crippen molar-refractivity contribution in [1.82, 2.24) is 5.32 Å². The summed E-state index contributed by atoms with van der Waals surface area (Å²) in [5, 5.41) is 4.96. The number of benzene rings is 1. The van der Waals surface area contributed by atoms with Crippen LogP contribution in [0.3, 0.4) is 0 Å². The van der Waals surface area contributed by atoms with E-state index in [0.717, 1.165) is 24.8 Å². The zero-order valence-electron chi connectivity index (χ0n) is 15.9. The lowest BCUT2D eigenvalue weighted by molar-refractivity contribution is -0.157. The van der Waals surface area contributed by atoms with Crippen molar-refractivity contribution in [3.05, 3.63) is 29.3 Å².